The van der Waals surface area contributed by atoms with Crippen molar-refractivity contribution in [2.45, 2.75) is 19.9 Å². The number of rotatable bonds is 6. The Balaban J connectivity index is 1.83. The van der Waals surface area contributed by atoms with Gasteiger partial charge in [0.2, 0.25) is 0 Å². The third-order valence-corrected chi connectivity index (χ3v) is 7.43. The maximum Gasteiger partial charge on any atom is 0.338 e. The molecule has 3 aromatic carbocycles. The number of carbonyl (C=O) groups excluding carboxylic acids is 1. The number of aromatic hydroxyl groups is 1. The maximum atomic E-state index is 14.0. The van der Waals surface area contributed by atoms with Crippen LogP contribution in [0.5, 0.6) is 17.2 Å². The van der Waals surface area contributed by atoms with E-state index >= 15 is 0 Å². The van der Waals surface area contributed by atoms with Crippen LogP contribution in [-0.4, -0.2) is 36.5 Å². The molecule has 0 amide bonds. The SMILES string of the molecule is CCOC(=O)C1=C(C)N=c2s/c(=C\c3ccc(O)c(OC)c3)c(=O)n2C1c1c(OC)ccc2ccccc12. The number of aromatic nitrogens is 1. The van der Waals surface area contributed by atoms with Crippen molar-refractivity contribution >= 4 is 34.2 Å². The molecule has 0 saturated heterocycles. The summed E-state index contributed by atoms with van der Waals surface area (Å²) >= 11 is 1.22. The van der Waals surface area contributed by atoms with Gasteiger partial charge < -0.3 is 19.3 Å². The topological polar surface area (TPSA) is 99.4 Å². The molecule has 0 saturated carbocycles. The van der Waals surface area contributed by atoms with E-state index < -0.39 is 12.0 Å². The molecule has 0 aliphatic carbocycles. The number of carbonyl (C=O) groups is 1. The van der Waals surface area contributed by atoms with Gasteiger partial charge in [-0.3, -0.25) is 9.36 Å². The Morgan fingerprint density at radius 3 is 2.61 bits per heavy atom. The van der Waals surface area contributed by atoms with Crippen molar-refractivity contribution in [2.75, 3.05) is 20.8 Å². The molecule has 5 rings (SSSR count). The number of benzene rings is 3. The van der Waals surface area contributed by atoms with Crippen molar-refractivity contribution in [3.05, 3.63) is 96.7 Å². The Kier molecular flexibility index (Phi) is 6.77. The standard InChI is InChI=1S/C29H26N2O6S/c1-5-37-28(34)24-16(2)30-29-31(26(24)25-19-9-7-6-8-18(19)11-13-21(25)35-3)27(33)23(38-29)15-17-10-12-20(32)22(14-17)36-4/h6-15,26,32H,5H2,1-4H3/b23-15-. The van der Waals surface area contributed by atoms with Gasteiger partial charge in [-0.15, -0.1) is 0 Å². The second-order valence-electron chi connectivity index (χ2n) is 8.64. The molecule has 1 aliphatic rings. The number of nitrogens with zero attached hydrogens (tertiary/aromatic N) is 2. The van der Waals surface area contributed by atoms with Crippen molar-refractivity contribution < 1.29 is 24.1 Å². The molecule has 0 bridgehead atoms. The predicted octanol–water partition coefficient (Wildman–Crippen LogP) is 3.67. The number of phenols is 1. The van der Waals surface area contributed by atoms with E-state index in [9.17, 15) is 14.7 Å². The quantitative estimate of drug-likeness (QED) is 0.382. The molecule has 0 radical (unpaired) electrons. The van der Waals surface area contributed by atoms with Crippen molar-refractivity contribution in [3.8, 4) is 17.2 Å². The summed E-state index contributed by atoms with van der Waals surface area (Å²) in [6, 6.07) is 15.6. The molecule has 1 N–H and O–H groups in total. The molecule has 9 heteroatoms. The van der Waals surface area contributed by atoms with Gasteiger partial charge in [-0.25, -0.2) is 9.79 Å². The van der Waals surface area contributed by atoms with E-state index in [0.29, 0.717) is 37.7 Å². The van der Waals surface area contributed by atoms with Gasteiger partial charge in [0.15, 0.2) is 16.3 Å². The van der Waals surface area contributed by atoms with Crippen molar-refractivity contribution in [2.24, 2.45) is 4.99 Å². The monoisotopic (exact) mass is 530 g/mol. The largest absolute Gasteiger partial charge is 0.504 e. The maximum absolute atomic E-state index is 14.0. The van der Waals surface area contributed by atoms with E-state index in [2.05, 4.69) is 4.99 Å². The number of ether oxygens (including phenoxy) is 3. The summed E-state index contributed by atoms with van der Waals surface area (Å²) in [7, 11) is 3.03. The zero-order chi connectivity index (χ0) is 27.0. The highest BCUT2D eigenvalue weighted by molar-refractivity contribution is 7.07. The smallest absolute Gasteiger partial charge is 0.338 e. The molecule has 0 fully saturated rings. The Hall–Kier alpha value is -4.37. The van der Waals surface area contributed by atoms with E-state index in [1.165, 1.54) is 29.1 Å². The van der Waals surface area contributed by atoms with Crippen molar-refractivity contribution in [3.63, 3.8) is 0 Å². The molecule has 194 valence electrons. The average molecular weight is 531 g/mol. The Bertz CT molecular complexity index is 1780. The minimum absolute atomic E-state index is 0.00358. The molecule has 0 spiro atoms. The first-order chi connectivity index (χ1) is 18.4. The van der Waals surface area contributed by atoms with Crippen LogP contribution in [0, 0.1) is 0 Å². The minimum atomic E-state index is -0.817. The second-order valence-corrected chi connectivity index (χ2v) is 9.65. The Morgan fingerprint density at radius 2 is 1.87 bits per heavy atom. The van der Waals surface area contributed by atoms with Gasteiger partial charge in [-0.05, 0) is 54.5 Å². The number of thiazole rings is 1. The lowest BCUT2D eigenvalue weighted by atomic mass is 9.90. The first-order valence-electron chi connectivity index (χ1n) is 12.0. The number of fused-ring (bicyclic) bond motifs is 2. The fourth-order valence-corrected chi connectivity index (χ4v) is 5.78. The van der Waals surface area contributed by atoms with Crippen LogP contribution >= 0.6 is 11.3 Å². The molecule has 1 aromatic heterocycles. The number of phenolic OH excluding ortho intramolecular Hbond substituents is 1. The second kappa shape index (κ2) is 10.2. The van der Waals surface area contributed by atoms with Crippen molar-refractivity contribution in [1.29, 1.82) is 0 Å². The highest BCUT2D eigenvalue weighted by atomic mass is 32.1. The predicted molar refractivity (Wildman–Crippen MR) is 146 cm³/mol. The van der Waals surface area contributed by atoms with Gasteiger partial charge in [-0.1, -0.05) is 47.7 Å². The van der Waals surface area contributed by atoms with Crippen LogP contribution in [0.25, 0.3) is 16.8 Å². The highest BCUT2D eigenvalue weighted by Gasteiger charge is 2.36. The lowest BCUT2D eigenvalue weighted by molar-refractivity contribution is -0.139. The van der Waals surface area contributed by atoms with E-state index in [1.807, 2.05) is 36.4 Å². The zero-order valence-electron chi connectivity index (χ0n) is 21.3. The van der Waals surface area contributed by atoms with Crippen LogP contribution in [0.15, 0.2) is 75.7 Å². The third-order valence-electron chi connectivity index (χ3n) is 6.44. The molecule has 2 heterocycles. The summed E-state index contributed by atoms with van der Waals surface area (Å²) in [5.41, 5.74) is 1.80. The number of esters is 1. The van der Waals surface area contributed by atoms with Crippen molar-refractivity contribution in [1.82, 2.24) is 4.57 Å². The minimum Gasteiger partial charge on any atom is -0.504 e. The molecule has 1 atom stereocenters. The zero-order valence-corrected chi connectivity index (χ0v) is 22.2. The average Bonchev–Trinajstić information content (AvgIpc) is 3.22. The summed E-state index contributed by atoms with van der Waals surface area (Å²) in [5, 5.41) is 11.8. The lowest BCUT2D eigenvalue weighted by Crippen LogP contribution is -2.40. The van der Waals surface area contributed by atoms with E-state index in [-0.39, 0.29) is 23.5 Å². The van der Waals surface area contributed by atoms with Crippen LogP contribution in [0.1, 0.15) is 31.0 Å². The van der Waals surface area contributed by atoms with Gasteiger partial charge in [0, 0.05) is 5.56 Å². The number of allylic oxidation sites excluding steroid dienone is 1. The van der Waals surface area contributed by atoms with Crippen LogP contribution < -0.4 is 24.4 Å². The summed E-state index contributed by atoms with van der Waals surface area (Å²) < 4.78 is 18.4. The van der Waals surface area contributed by atoms with Gasteiger partial charge in [-0.2, -0.15) is 0 Å². The first kappa shape index (κ1) is 25.3. The number of hydrogen-bond donors (Lipinski definition) is 1. The van der Waals surface area contributed by atoms with Gasteiger partial charge >= 0.3 is 5.97 Å². The lowest BCUT2D eigenvalue weighted by Gasteiger charge is -2.27. The Labute approximate surface area is 222 Å². The van der Waals surface area contributed by atoms with E-state index in [0.717, 1.165) is 10.8 Å². The summed E-state index contributed by atoms with van der Waals surface area (Å²) in [6.45, 7) is 3.67. The van der Waals surface area contributed by atoms with Crippen LogP contribution in [0.2, 0.25) is 0 Å². The molecule has 38 heavy (non-hydrogen) atoms. The highest BCUT2D eigenvalue weighted by Crippen LogP contribution is 2.40. The van der Waals surface area contributed by atoms with Gasteiger partial charge in [0.1, 0.15) is 11.8 Å². The normalized spacial score (nSPS) is 15.3. The van der Waals surface area contributed by atoms with Gasteiger partial charge in [0.05, 0.1) is 36.6 Å². The van der Waals surface area contributed by atoms with E-state index in [1.54, 1.807) is 39.2 Å². The van der Waals surface area contributed by atoms with Crippen LogP contribution in [-0.2, 0) is 9.53 Å². The molecule has 4 aromatic rings. The Morgan fingerprint density at radius 1 is 1.11 bits per heavy atom. The summed E-state index contributed by atoms with van der Waals surface area (Å²) in [4.78, 5) is 32.4. The number of hydrogen-bond acceptors (Lipinski definition) is 8. The fourth-order valence-electron chi connectivity index (χ4n) is 4.74. The van der Waals surface area contributed by atoms with Gasteiger partial charge in [0.25, 0.3) is 5.56 Å². The fraction of sp³-hybridized carbons (Fsp3) is 0.207. The van der Waals surface area contributed by atoms with Crippen LogP contribution in [0.3, 0.4) is 0 Å². The van der Waals surface area contributed by atoms with Crippen LogP contribution in [0.4, 0.5) is 0 Å². The first-order valence-corrected chi connectivity index (χ1v) is 12.8. The molecule has 1 aliphatic heterocycles. The molecular formula is C29H26N2O6S. The summed E-state index contributed by atoms with van der Waals surface area (Å²) in [6.07, 6.45) is 1.71. The number of methoxy groups -OCH3 is 2. The molecule has 8 nitrogen and oxygen atoms in total. The van der Waals surface area contributed by atoms with E-state index in [4.69, 9.17) is 14.2 Å². The third kappa shape index (κ3) is 4.24. The molecular weight excluding hydrogens is 504 g/mol. The summed E-state index contributed by atoms with van der Waals surface area (Å²) in [5.74, 6) is 0.309. The molecule has 1 unspecified atom stereocenters.